The number of nitrogens with zero attached hydrogens (tertiary/aromatic N) is 1. The van der Waals surface area contributed by atoms with Crippen molar-refractivity contribution in [2.75, 3.05) is 13.6 Å². The summed E-state index contributed by atoms with van der Waals surface area (Å²) in [6.07, 6.45) is 0. The first kappa shape index (κ1) is 11.2. The molecule has 0 aromatic rings. The Morgan fingerprint density at radius 3 is 1.82 bits per heavy atom. The predicted octanol–water partition coefficient (Wildman–Crippen LogP) is 1.50. The molecule has 0 radical (unpaired) electrons. The van der Waals surface area contributed by atoms with Crippen molar-refractivity contribution in [3.05, 3.63) is 0 Å². The molecule has 0 saturated heterocycles. The van der Waals surface area contributed by atoms with Gasteiger partial charge in [0.2, 0.25) is 0 Å². The third-order valence-electron chi connectivity index (χ3n) is 1.16. The van der Waals surface area contributed by atoms with E-state index < -0.39 is 11.0 Å². The van der Waals surface area contributed by atoms with Gasteiger partial charge in [0.25, 0.3) is 0 Å². The molecule has 0 aliphatic carbocycles. The fourth-order valence-electron chi connectivity index (χ4n) is 0.763. The van der Waals surface area contributed by atoms with E-state index in [9.17, 15) is 0 Å². The van der Waals surface area contributed by atoms with E-state index in [0.29, 0.717) is 6.54 Å². The largest absolute Gasteiger partial charge is 0.273 e. The van der Waals surface area contributed by atoms with E-state index in [1.165, 1.54) is 4.31 Å². The van der Waals surface area contributed by atoms with Crippen LogP contribution in [-0.4, -0.2) is 27.0 Å². The van der Waals surface area contributed by atoms with E-state index in [0.717, 1.165) is 0 Å². The first-order valence-electron chi connectivity index (χ1n) is 3.40. The summed E-state index contributed by atoms with van der Waals surface area (Å²) >= 11 is 0. The lowest BCUT2D eigenvalue weighted by Gasteiger charge is -2.39. The molecule has 4 nitrogen and oxygen atoms in total. The minimum absolute atomic E-state index is 0.0256. The van der Waals surface area contributed by atoms with Crippen LogP contribution in [0.25, 0.3) is 0 Å². The molecule has 0 saturated carbocycles. The summed E-state index contributed by atoms with van der Waals surface area (Å²) in [5, 5.41) is 5.11. The van der Waals surface area contributed by atoms with Crippen molar-refractivity contribution in [2.45, 2.75) is 20.8 Å². The second-order valence-electron chi connectivity index (χ2n) is 3.91. The lowest BCUT2D eigenvalue weighted by atomic mass is 9.97. The van der Waals surface area contributed by atoms with Crippen LogP contribution in [0.1, 0.15) is 20.8 Å². The average molecular weight is 182 g/mol. The maximum Gasteiger partial charge on any atom is 0.0237 e. The summed E-state index contributed by atoms with van der Waals surface area (Å²) in [7, 11) is -1.40. The van der Waals surface area contributed by atoms with Gasteiger partial charge in [-0.15, -0.1) is 0 Å². The van der Waals surface area contributed by atoms with E-state index in [2.05, 4.69) is 0 Å². The Labute approximate surface area is 70.0 Å². The van der Waals surface area contributed by atoms with Crippen LogP contribution in [0.5, 0.6) is 0 Å². The number of nitrogens with two attached hydrogens (primary N) is 1. The molecule has 0 aliphatic rings. The zero-order valence-electron chi connectivity index (χ0n) is 7.53. The molecule has 0 rings (SSSR count). The Morgan fingerprint density at radius 1 is 1.36 bits per heavy atom. The van der Waals surface area contributed by atoms with Gasteiger partial charge in [-0.3, -0.25) is 9.11 Å². The molecule has 0 fully saturated rings. The SMILES string of the molecule is CN(CC(C)(C)C)S(N)(O)O. The van der Waals surface area contributed by atoms with Gasteiger partial charge in [0.15, 0.2) is 0 Å². The topological polar surface area (TPSA) is 69.7 Å². The highest BCUT2D eigenvalue weighted by Crippen LogP contribution is 2.34. The minimum atomic E-state index is -3.00. The third kappa shape index (κ3) is 5.46. The van der Waals surface area contributed by atoms with Gasteiger partial charge >= 0.3 is 0 Å². The standard InChI is InChI=1S/C6H18N2O2S/c1-6(2,3)5-8(4)11(7,9)10/h9-10H,5,7H2,1-4H3. The zero-order valence-corrected chi connectivity index (χ0v) is 8.35. The van der Waals surface area contributed by atoms with Crippen molar-refractivity contribution in [3.8, 4) is 0 Å². The van der Waals surface area contributed by atoms with Crippen LogP contribution in [0.2, 0.25) is 0 Å². The molecule has 0 bridgehead atoms. The quantitative estimate of drug-likeness (QED) is 0.605. The summed E-state index contributed by atoms with van der Waals surface area (Å²) in [6, 6.07) is 0. The minimum Gasteiger partial charge on any atom is -0.273 e. The second-order valence-corrected chi connectivity index (χ2v) is 5.65. The number of hydrogen-bond acceptors (Lipinski definition) is 4. The summed E-state index contributed by atoms with van der Waals surface area (Å²) in [5.41, 5.74) is 0.0256. The molecule has 0 aromatic heterocycles. The Morgan fingerprint density at radius 2 is 1.73 bits per heavy atom. The van der Waals surface area contributed by atoms with Gasteiger partial charge < -0.3 is 0 Å². The highest BCUT2D eigenvalue weighted by molar-refractivity contribution is 8.20. The third-order valence-corrected chi connectivity index (χ3v) is 2.20. The maximum absolute atomic E-state index is 8.99. The van der Waals surface area contributed by atoms with Crippen LogP contribution in [0, 0.1) is 5.41 Å². The lowest BCUT2D eigenvalue weighted by molar-refractivity contribution is 0.286. The smallest absolute Gasteiger partial charge is 0.0237 e. The zero-order chi connectivity index (χ0) is 9.28. The summed E-state index contributed by atoms with van der Waals surface area (Å²) in [5.74, 6) is 0. The van der Waals surface area contributed by atoms with Crippen LogP contribution in [-0.2, 0) is 0 Å². The highest BCUT2D eigenvalue weighted by atomic mass is 32.3. The molecule has 70 valence electrons. The van der Waals surface area contributed by atoms with E-state index >= 15 is 0 Å². The molecule has 0 spiro atoms. The van der Waals surface area contributed by atoms with Crippen molar-refractivity contribution in [3.63, 3.8) is 0 Å². The van der Waals surface area contributed by atoms with Gasteiger partial charge in [-0.2, -0.15) is 4.31 Å². The predicted molar refractivity (Wildman–Crippen MR) is 49.1 cm³/mol. The summed E-state index contributed by atoms with van der Waals surface area (Å²) in [6.45, 7) is 6.59. The van der Waals surface area contributed by atoms with Gasteiger partial charge in [0.05, 0.1) is 0 Å². The average Bonchev–Trinajstić information content (AvgIpc) is 1.56. The molecule has 4 N–H and O–H groups in total. The van der Waals surface area contributed by atoms with E-state index in [1.807, 2.05) is 20.8 Å². The molecular weight excluding hydrogens is 164 g/mol. The summed E-state index contributed by atoms with van der Waals surface area (Å²) in [4.78, 5) is 0. The molecule has 5 heteroatoms. The summed E-state index contributed by atoms with van der Waals surface area (Å²) < 4.78 is 19.4. The molecule has 0 aromatic carbocycles. The van der Waals surface area contributed by atoms with Crippen molar-refractivity contribution >= 4 is 11.0 Å². The fourth-order valence-corrected chi connectivity index (χ4v) is 1.34. The fraction of sp³-hybridized carbons (Fsp3) is 1.00. The molecule has 0 unspecified atom stereocenters. The van der Waals surface area contributed by atoms with Crippen molar-refractivity contribution in [2.24, 2.45) is 10.6 Å². The molecule has 0 atom stereocenters. The first-order chi connectivity index (χ1) is 4.63. The number of rotatable bonds is 2. The molecule has 0 amide bonds. The van der Waals surface area contributed by atoms with Gasteiger partial charge in [-0.25, -0.2) is 5.14 Å². The molecule has 0 heterocycles. The Kier molecular flexibility index (Phi) is 3.34. The van der Waals surface area contributed by atoms with Crippen LogP contribution < -0.4 is 5.14 Å². The molecular formula is C6H18N2O2S. The maximum atomic E-state index is 8.99. The molecule has 0 aliphatic heterocycles. The lowest BCUT2D eigenvalue weighted by Crippen LogP contribution is -2.35. The van der Waals surface area contributed by atoms with Crippen LogP contribution >= 0.6 is 11.0 Å². The Balaban J connectivity index is 3.99. The van der Waals surface area contributed by atoms with Gasteiger partial charge in [0, 0.05) is 13.6 Å². The van der Waals surface area contributed by atoms with E-state index in [4.69, 9.17) is 14.2 Å². The van der Waals surface area contributed by atoms with Gasteiger partial charge in [-0.1, -0.05) is 31.7 Å². The number of hydrogen-bond donors (Lipinski definition) is 3. The van der Waals surface area contributed by atoms with Crippen molar-refractivity contribution < 1.29 is 9.11 Å². The van der Waals surface area contributed by atoms with Crippen molar-refractivity contribution in [1.82, 2.24) is 4.31 Å². The van der Waals surface area contributed by atoms with Crippen LogP contribution in [0.15, 0.2) is 0 Å². The Bertz CT molecular complexity index is 128. The van der Waals surface area contributed by atoms with E-state index in [1.54, 1.807) is 7.05 Å². The van der Waals surface area contributed by atoms with Crippen LogP contribution in [0.3, 0.4) is 0 Å². The highest BCUT2D eigenvalue weighted by Gasteiger charge is 2.20. The van der Waals surface area contributed by atoms with Crippen LogP contribution in [0.4, 0.5) is 0 Å². The van der Waals surface area contributed by atoms with Gasteiger partial charge in [0.1, 0.15) is 0 Å². The normalized spacial score (nSPS) is 15.6. The van der Waals surface area contributed by atoms with Gasteiger partial charge in [-0.05, 0) is 5.41 Å². The Hall–Kier alpha value is 0.190. The monoisotopic (exact) mass is 182 g/mol. The van der Waals surface area contributed by atoms with E-state index in [-0.39, 0.29) is 5.41 Å². The molecule has 11 heavy (non-hydrogen) atoms. The van der Waals surface area contributed by atoms with Crippen molar-refractivity contribution in [1.29, 1.82) is 0 Å². The second kappa shape index (κ2) is 3.28. The first-order valence-corrected chi connectivity index (χ1v) is 4.97.